The largest absolute Gasteiger partial charge is 0.442 e. The second kappa shape index (κ2) is 8.70. The number of anilines is 1. The molecule has 4 aromatic rings. The minimum Gasteiger partial charge on any atom is -0.442 e. The lowest BCUT2D eigenvalue weighted by Crippen LogP contribution is -2.26. The van der Waals surface area contributed by atoms with Crippen molar-refractivity contribution in [1.29, 1.82) is 0 Å². The van der Waals surface area contributed by atoms with E-state index in [1.165, 1.54) is 22.0 Å². The Kier molecular flexibility index (Phi) is 5.44. The third-order valence-corrected chi connectivity index (χ3v) is 5.06. The summed E-state index contributed by atoms with van der Waals surface area (Å²) >= 11 is 0. The number of tetrazole rings is 1. The highest BCUT2D eigenvalue weighted by Crippen LogP contribution is 2.29. The normalized spacial score (nSPS) is 15.8. The molecule has 5 rings (SSSR count). The highest BCUT2D eigenvalue weighted by molar-refractivity contribution is 5.90. The standard InChI is InChI=1S/C20H18FN9O3/c21-17-9-14(29-12-15(33-20(29)32)11-28-6-5-23-26-28)2-3-16(17)13-1-4-18(22-10-13)19-24-27-30(25-19)7-8-31/h1-6,9-10,15,31H,7-8,11-12H2/t15-/m0/s1. The van der Waals surface area contributed by atoms with Crippen LogP contribution in [-0.2, 0) is 17.8 Å². The summed E-state index contributed by atoms with van der Waals surface area (Å²) in [5, 5.41) is 28.4. The Hall–Kier alpha value is -4.26. The molecule has 12 nitrogen and oxygen atoms in total. The first-order valence-corrected chi connectivity index (χ1v) is 10.1. The number of amides is 1. The molecule has 1 aliphatic rings. The molecule has 1 atom stereocenters. The van der Waals surface area contributed by atoms with Crippen LogP contribution in [0.2, 0.25) is 0 Å². The van der Waals surface area contributed by atoms with Gasteiger partial charge in [0.25, 0.3) is 0 Å². The van der Waals surface area contributed by atoms with E-state index in [2.05, 4.69) is 30.7 Å². The number of benzene rings is 1. The first-order chi connectivity index (χ1) is 16.1. The van der Waals surface area contributed by atoms with Crippen molar-refractivity contribution < 1.29 is 19.0 Å². The van der Waals surface area contributed by atoms with E-state index < -0.39 is 18.0 Å². The van der Waals surface area contributed by atoms with Crippen molar-refractivity contribution >= 4 is 11.8 Å². The van der Waals surface area contributed by atoms with Gasteiger partial charge in [-0.3, -0.25) is 9.88 Å². The number of aromatic nitrogens is 8. The number of carbonyl (C=O) groups excluding carboxylic acids is 1. The summed E-state index contributed by atoms with van der Waals surface area (Å²) in [7, 11) is 0. The lowest BCUT2D eigenvalue weighted by molar-refractivity contribution is 0.129. The Bertz CT molecular complexity index is 1260. The van der Waals surface area contributed by atoms with E-state index in [-0.39, 0.29) is 19.7 Å². The molecule has 0 bridgehead atoms. The molecule has 1 amide bonds. The molecule has 1 fully saturated rings. The maximum absolute atomic E-state index is 14.9. The molecule has 0 radical (unpaired) electrons. The van der Waals surface area contributed by atoms with Crippen molar-refractivity contribution in [2.75, 3.05) is 18.1 Å². The summed E-state index contributed by atoms with van der Waals surface area (Å²) in [4.78, 5) is 19.2. The maximum atomic E-state index is 14.9. The van der Waals surface area contributed by atoms with Gasteiger partial charge in [0.05, 0.1) is 38.1 Å². The summed E-state index contributed by atoms with van der Waals surface area (Å²) in [6.07, 6.45) is 3.78. The Labute approximate surface area is 186 Å². The van der Waals surface area contributed by atoms with Crippen LogP contribution >= 0.6 is 0 Å². The second-order valence-corrected chi connectivity index (χ2v) is 7.27. The molecule has 0 saturated carbocycles. The first kappa shape index (κ1) is 20.6. The van der Waals surface area contributed by atoms with Gasteiger partial charge in [-0.05, 0) is 29.5 Å². The number of halogens is 1. The van der Waals surface area contributed by atoms with Gasteiger partial charge in [-0.15, -0.1) is 15.3 Å². The van der Waals surface area contributed by atoms with E-state index in [9.17, 15) is 9.18 Å². The average Bonchev–Trinajstić information content (AvgIpc) is 3.57. The predicted molar refractivity (Wildman–Crippen MR) is 111 cm³/mol. The highest BCUT2D eigenvalue weighted by Gasteiger charge is 2.33. The number of hydrogen-bond donors (Lipinski definition) is 1. The van der Waals surface area contributed by atoms with Gasteiger partial charge in [-0.2, -0.15) is 4.80 Å². The first-order valence-electron chi connectivity index (χ1n) is 10.1. The van der Waals surface area contributed by atoms with Gasteiger partial charge in [-0.1, -0.05) is 11.3 Å². The molecule has 3 aromatic heterocycles. The molecule has 0 spiro atoms. The summed E-state index contributed by atoms with van der Waals surface area (Å²) in [6, 6.07) is 7.91. The Morgan fingerprint density at radius 1 is 1.21 bits per heavy atom. The van der Waals surface area contributed by atoms with E-state index in [0.717, 1.165) is 0 Å². The van der Waals surface area contributed by atoms with E-state index in [4.69, 9.17) is 9.84 Å². The second-order valence-electron chi connectivity index (χ2n) is 7.27. The molecule has 1 saturated heterocycles. The third kappa shape index (κ3) is 4.25. The number of ether oxygens (including phenoxy) is 1. The summed E-state index contributed by atoms with van der Waals surface area (Å²) in [5.41, 5.74) is 1.76. The number of nitrogens with zero attached hydrogens (tertiary/aromatic N) is 9. The summed E-state index contributed by atoms with van der Waals surface area (Å²) < 4.78 is 21.9. The van der Waals surface area contributed by atoms with Gasteiger partial charge in [0, 0.05) is 23.5 Å². The number of carbonyl (C=O) groups is 1. The number of hydrogen-bond acceptors (Lipinski definition) is 9. The van der Waals surface area contributed by atoms with Crippen LogP contribution in [0.1, 0.15) is 0 Å². The van der Waals surface area contributed by atoms with Crippen molar-refractivity contribution in [3.63, 3.8) is 0 Å². The highest BCUT2D eigenvalue weighted by atomic mass is 19.1. The van der Waals surface area contributed by atoms with Crippen molar-refractivity contribution in [1.82, 2.24) is 40.2 Å². The minimum absolute atomic E-state index is 0.102. The van der Waals surface area contributed by atoms with Gasteiger partial charge in [0.15, 0.2) is 0 Å². The van der Waals surface area contributed by atoms with Gasteiger partial charge in [0.2, 0.25) is 5.82 Å². The Morgan fingerprint density at radius 3 is 2.85 bits per heavy atom. The van der Waals surface area contributed by atoms with Gasteiger partial charge in [-0.25, -0.2) is 13.9 Å². The topological polar surface area (TPSA) is 137 Å². The number of rotatable bonds is 7. The smallest absolute Gasteiger partial charge is 0.414 e. The van der Waals surface area contributed by atoms with Crippen LogP contribution < -0.4 is 4.90 Å². The van der Waals surface area contributed by atoms with E-state index in [1.807, 2.05) is 0 Å². The van der Waals surface area contributed by atoms with Crippen molar-refractivity contribution in [3.05, 3.63) is 54.7 Å². The number of cyclic esters (lactones) is 1. The Balaban J connectivity index is 1.31. The minimum atomic E-state index is -0.542. The predicted octanol–water partition coefficient (Wildman–Crippen LogP) is 1.15. The molecule has 0 aliphatic carbocycles. The summed E-state index contributed by atoms with van der Waals surface area (Å²) in [5.74, 6) is -0.194. The zero-order chi connectivity index (χ0) is 22.8. The van der Waals surface area contributed by atoms with Crippen LogP contribution in [0.15, 0.2) is 48.9 Å². The molecule has 1 N–H and O–H groups in total. The van der Waals surface area contributed by atoms with Crippen LogP contribution in [0.3, 0.4) is 0 Å². The van der Waals surface area contributed by atoms with E-state index >= 15 is 0 Å². The zero-order valence-electron chi connectivity index (χ0n) is 17.2. The van der Waals surface area contributed by atoms with Crippen LogP contribution in [-0.4, -0.2) is 70.6 Å². The third-order valence-electron chi connectivity index (χ3n) is 5.06. The van der Waals surface area contributed by atoms with E-state index in [1.54, 1.807) is 41.3 Å². The van der Waals surface area contributed by atoms with Crippen LogP contribution in [0.5, 0.6) is 0 Å². The molecule has 1 aliphatic heterocycles. The number of pyridine rings is 1. The van der Waals surface area contributed by atoms with Crippen molar-refractivity contribution in [2.24, 2.45) is 0 Å². The monoisotopic (exact) mass is 451 g/mol. The average molecular weight is 451 g/mol. The molecule has 1 aromatic carbocycles. The van der Waals surface area contributed by atoms with Crippen LogP contribution in [0.25, 0.3) is 22.6 Å². The molecule has 0 unspecified atom stereocenters. The van der Waals surface area contributed by atoms with Gasteiger partial charge >= 0.3 is 6.09 Å². The molecule has 168 valence electrons. The van der Waals surface area contributed by atoms with Crippen LogP contribution in [0.4, 0.5) is 14.9 Å². The number of aliphatic hydroxyl groups is 1. The van der Waals surface area contributed by atoms with Gasteiger partial charge in [0.1, 0.15) is 17.6 Å². The fourth-order valence-electron chi connectivity index (χ4n) is 3.49. The fourth-order valence-corrected chi connectivity index (χ4v) is 3.49. The lowest BCUT2D eigenvalue weighted by atomic mass is 10.1. The lowest BCUT2D eigenvalue weighted by Gasteiger charge is -2.14. The molecule has 33 heavy (non-hydrogen) atoms. The van der Waals surface area contributed by atoms with Gasteiger partial charge < -0.3 is 9.84 Å². The van der Waals surface area contributed by atoms with E-state index in [0.29, 0.717) is 34.9 Å². The quantitative estimate of drug-likeness (QED) is 0.439. The zero-order valence-corrected chi connectivity index (χ0v) is 17.2. The molecule has 13 heteroatoms. The molecular formula is C20H18FN9O3. The van der Waals surface area contributed by atoms with Crippen molar-refractivity contribution in [3.8, 4) is 22.6 Å². The number of aliphatic hydroxyl groups excluding tert-OH is 1. The van der Waals surface area contributed by atoms with Crippen LogP contribution in [0, 0.1) is 5.82 Å². The fraction of sp³-hybridized carbons (Fsp3) is 0.250. The maximum Gasteiger partial charge on any atom is 0.414 e. The molecule has 4 heterocycles. The Morgan fingerprint density at radius 2 is 2.12 bits per heavy atom. The summed E-state index contributed by atoms with van der Waals surface area (Å²) in [6.45, 7) is 0.768. The SMILES string of the molecule is O=C1O[C@@H](Cn2ccnn2)CN1c1ccc(-c2ccc(-c3nnn(CCO)n3)nc2)c(F)c1. The molecular weight excluding hydrogens is 433 g/mol. The van der Waals surface area contributed by atoms with Crippen molar-refractivity contribution in [2.45, 2.75) is 19.2 Å².